The van der Waals surface area contributed by atoms with Gasteiger partial charge in [0.2, 0.25) is 0 Å². The Balaban J connectivity index is 1.98. The Hall–Kier alpha value is -1.88. The van der Waals surface area contributed by atoms with Gasteiger partial charge >= 0.3 is 0 Å². The van der Waals surface area contributed by atoms with E-state index in [1.54, 1.807) is 12.4 Å². The first-order chi connectivity index (χ1) is 9.31. The zero-order chi connectivity index (χ0) is 13.5. The molecule has 0 bridgehead atoms. The van der Waals surface area contributed by atoms with E-state index in [0.29, 0.717) is 0 Å². The van der Waals surface area contributed by atoms with Gasteiger partial charge in [-0.15, -0.1) is 0 Å². The van der Waals surface area contributed by atoms with Gasteiger partial charge in [0.1, 0.15) is 5.75 Å². The fraction of sp³-hybridized carbons (Fsp3) is 0.429. The maximum atomic E-state index is 5.73. The van der Waals surface area contributed by atoms with E-state index < -0.39 is 0 Å². The van der Waals surface area contributed by atoms with Gasteiger partial charge in [-0.1, -0.05) is 6.92 Å². The number of nitrogens with one attached hydrogen (secondary N) is 1. The van der Waals surface area contributed by atoms with Crippen molar-refractivity contribution in [2.75, 3.05) is 6.54 Å². The third kappa shape index (κ3) is 4.06. The van der Waals surface area contributed by atoms with Gasteiger partial charge in [0.05, 0.1) is 18.6 Å². The smallest absolute Gasteiger partial charge is 0.165 e. The zero-order valence-corrected chi connectivity index (χ0v) is 11.5. The first-order valence-corrected chi connectivity index (χ1v) is 6.66. The van der Waals surface area contributed by atoms with Crippen LogP contribution in [0.5, 0.6) is 11.5 Å². The number of rotatable bonds is 7. The van der Waals surface area contributed by atoms with Crippen molar-refractivity contribution in [3.8, 4) is 11.5 Å². The van der Waals surface area contributed by atoms with Crippen LogP contribution < -0.4 is 10.1 Å². The lowest BCUT2D eigenvalue weighted by Crippen LogP contribution is -2.13. The predicted molar refractivity (Wildman–Crippen MR) is 74.2 cm³/mol. The summed E-state index contributed by atoms with van der Waals surface area (Å²) < 4.78 is 7.56. The van der Waals surface area contributed by atoms with Gasteiger partial charge in [-0.3, -0.25) is 9.67 Å². The van der Waals surface area contributed by atoms with Gasteiger partial charge in [-0.25, -0.2) is 0 Å². The Morgan fingerprint density at radius 3 is 2.84 bits per heavy atom. The van der Waals surface area contributed by atoms with E-state index in [1.165, 1.54) is 0 Å². The average Bonchev–Trinajstić information content (AvgIpc) is 2.87. The first-order valence-electron chi connectivity index (χ1n) is 6.66. The van der Waals surface area contributed by atoms with Gasteiger partial charge < -0.3 is 10.1 Å². The summed E-state index contributed by atoms with van der Waals surface area (Å²) in [7, 11) is 0. The van der Waals surface area contributed by atoms with Crippen LogP contribution in [0.4, 0.5) is 0 Å². The number of aryl methyl sites for hydroxylation is 1. The van der Waals surface area contributed by atoms with Crippen LogP contribution in [0.2, 0.25) is 0 Å². The number of nitrogens with zero attached hydrogens (tertiary/aromatic N) is 3. The van der Waals surface area contributed by atoms with E-state index in [0.717, 1.165) is 43.1 Å². The molecule has 0 fully saturated rings. The average molecular weight is 260 g/mol. The standard InChI is InChI=1S/C14H20N4O/c1-3-5-15-7-12-6-13(9-16-8-12)19-14-10-17-18(4-2)11-14/h6,8-11,15H,3-5,7H2,1-2H3. The molecule has 0 saturated heterocycles. The monoisotopic (exact) mass is 260 g/mol. The Kier molecular flexibility index (Phi) is 4.92. The summed E-state index contributed by atoms with van der Waals surface area (Å²) in [5.74, 6) is 1.48. The number of pyridine rings is 1. The van der Waals surface area contributed by atoms with Crippen molar-refractivity contribution in [2.24, 2.45) is 0 Å². The van der Waals surface area contributed by atoms with Crippen molar-refractivity contribution >= 4 is 0 Å². The van der Waals surface area contributed by atoms with Crippen molar-refractivity contribution in [1.82, 2.24) is 20.1 Å². The van der Waals surface area contributed by atoms with Crippen molar-refractivity contribution in [2.45, 2.75) is 33.4 Å². The minimum Gasteiger partial charge on any atom is -0.452 e. The molecule has 0 radical (unpaired) electrons. The Morgan fingerprint density at radius 1 is 1.21 bits per heavy atom. The molecular weight excluding hydrogens is 240 g/mol. The molecule has 19 heavy (non-hydrogen) atoms. The van der Waals surface area contributed by atoms with Crippen molar-refractivity contribution in [1.29, 1.82) is 0 Å². The number of aromatic nitrogens is 3. The molecule has 0 saturated carbocycles. The molecule has 1 N–H and O–H groups in total. The Bertz CT molecular complexity index is 510. The van der Waals surface area contributed by atoms with E-state index in [1.807, 2.05) is 30.1 Å². The van der Waals surface area contributed by atoms with Crippen LogP contribution in [-0.2, 0) is 13.1 Å². The van der Waals surface area contributed by atoms with Crippen LogP contribution in [-0.4, -0.2) is 21.3 Å². The molecule has 0 spiro atoms. The number of hydrogen-bond acceptors (Lipinski definition) is 4. The molecule has 0 atom stereocenters. The summed E-state index contributed by atoms with van der Waals surface area (Å²) in [4.78, 5) is 4.19. The van der Waals surface area contributed by atoms with Crippen molar-refractivity contribution in [3.63, 3.8) is 0 Å². The highest BCUT2D eigenvalue weighted by Gasteiger charge is 2.02. The molecule has 5 nitrogen and oxygen atoms in total. The SMILES string of the molecule is CCCNCc1cncc(Oc2cnn(CC)c2)c1. The molecule has 2 aromatic rings. The molecule has 0 amide bonds. The van der Waals surface area contributed by atoms with Crippen LogP contribution in [0.1, 0.15) is 25.8 Å². The van der Waals surface area contributed by atoms with Crippen molar-refractivity contribution < 1.29 is 4.74 Å². The molecular formula is C14H20N4O. The predicted octanol–water partition coefficient (Wildman–Crippen LogP) is 2.59. The highest BCUT2D eigenvalue weighted by Crippen LogP contribution is 2.20. The lowest BCUT2D eigenvalue weighted by atomic mass is 10.2. The molecule has 2 aromatic heterocycles. The summed E-state index contributed by atoms with van der Waals surface area (Å²) >= 11 is 0. The van der Waals surface area contributed by atoms with Crippen LogP contribution >= 0.6 is 0 Å². The van der Waals surface area contributed by atoms with Gasteiger partial charge in [0, 0.05) is 19.3 Å². The third-order valence-electron chi connectivity index (χ3n) is 2.69. The molecule has 0 aliphatic heterocycles. The van der Waals surface area contributed by atoms with E-state index >= 15 is 0 Å². The summed E-state index contributed by atoms with van der Waals surface area (Å²) in [6.45, 7) is 6.84. The summed E-state index contributed by atoms with van der Waals surface area (Å²) in [5, 5.41) is 7.52. The molecule has 0 aliphatic rings. The van der Waals surface area contributed by atoms with E-state index in [9.17, 15) is 0 Å². The quantitative estimate of drug-likeness (QED) is 0.777. The van der Waals surface area contributed by atoms with Gasteiger partial charge in [-0.2, -0.15) is 5.10 Å². The van der Waals surface area contributed by atoms with Crippen molar-refractivity contribution in [3.05, 3.63) is 36.4 Å². The minimum atomic E-state index is 0.738. The lowest BCUT2D eigenvalue weighted by molar-refractivity contribution is 0.477. The second kappa shape index (κ2) is 6.89. The number of ether oxygens (including phenoxy) is 1. The fourth-order valence-electron chi connectivity index (χ4n) is 1.73. The van der Waals surface area contributed by atoms with E-state index in [2.05, 4.69) is 22.3 Å². The highest BCUT2D eigenvalue weighted by molar-refractivity contribution is 5.28. The maximum absolute atomic E-state index is 5.73. The molecule has 0 unspecified atom stereocenters. The minimum absolute atomic E-state index is 0.738. The molecule has 0 aliphatic carbocycles. The molecule has 102 valence electrons. The van der Waals surface area contributed by atoms with Gasteiger partial charge in [0.15, 0.2) is 5.75 Å². The second-order valence-electron chi connectivity index (χ2n) is 4.34. The van der Waals surface area contributed by atoms with Crippen LogP contribution in [0.15, 0.2) is 30.9 Å². The third-order valence-corrected chi connectivity index (χ3v) is 2.69. The topological polar surface area (TPSA) is 52.0 Å². The van der Waals surface area contributed by atoms with Gasteiger partial charge in [-0.05, 0) is 31.5 Å². The number of hydrogen-bond donors (Lipinski definition) is 1. The normalized spacial score (nSPS) is 10.6. The lowest BCUT2D eigenvalue weighted by Gasteiger charge is -2.06. The molecule has 0 aromatic carbocycles. The van der Waals surface area contributed by atoms with Crippen LogP contribution in [0.3, 0.4) is 0 Å². The highest BCUT2D eigenvalue weighted by atomic mass is 16.5. The Labute approximate surface area is 113 Å². The maximum Gasteiger partial charge on any atom is 0.165 e. The first kappa shape index (κ1) is 13.5. The Morgan fingerprint density at radius 2 is 2.11 bits per heavy atom. The van der Waals surface area contributed by atoms with E-state index in [-0.39, 0.29) is 0 Å². The summed E-state index contributed by atoms with van der Waals surface area (Å²) in [6, 6.07) is 2.00. The fourth-order valence-corrected chi connectivity index (χ4v) is 1.73. The summed E-state index contributed by atoms with van der Waals surface area (Å²) in [6.07, 6.45) is 8.28. The molecule has 2 heterocycles. The molecule has 5 heteroatoms. The zero-order valence-electron chi connectivity index (χ0n) is 11.5. The molecule has 2 rings (SSSR count). The second-order valence-corrected chi connectivity index (χ2v) is 4.34. The van der Waals surface area contributed by atoms with Crippen LogP contribution in [0, 0.1) is 0 Å². The van der Waals surface area contributed by atoms with Gasteiger partial charge in [0.25, 0.3) is 0 Å². The van der Waals surface area contributed by atoms with E-state index in [4.69, 9.17) is 4.74 Å². The largest absolute Gasteiger partial charge is 0.452 e. The summed E-state index contributed by atoms with van der Waals surface area (Å²) in [5.41, 5.74) is 1.12. The van der Waals surface area contributed by atoms with Crippen LogP contribution in [0.25, 0.3) is 0 Å².